The topological polar surface area (TPSA) is 85.5 Å². The number of carbonyl (C=O) groups is 1. The number of carboxylic acids is 1. The Kier molecular flexibility index (Phi) is 5.68. The molecular formula is C14H24N2O4. The summed E-state index contributed by atoms with van der Waals surface area (Å²) < 4.78 is 10.9. The van der Waals surface area contributed by atoms with Crippen LogP contribution in [-0.2, 0) is 16.0 Å². The van der Waals surface area contributed by atoms with Gasteiger partial charge in [-0.2, -0.15) is 4.98 Å². The number of aliphatic carboxylic acids is 1. The molecule has 0 amide bonds. The van der Waals surface area contributed by atoms with E-state index in [1.54, 1.807) is 0 Å². The van der Waals surface area contributed by atoms with E-state index < -0.39 is 5.97 Å². The van der Waals surface area contributed by atoms with Crippen molar-refractivity contribution < 1.29 is 19.2 Å². The number of ether oxygens (including phenoxy) is 1. The lowest BCUT2D eigenvalue weighted by molar-refractivity contribution is -0.137. The maximum Gasteiger partial charge on any atom is 0.303 e. The molecule has 114 valence electrons. The molecule has 0 aromatic carbocycles. The summed E-state index contributed by atoms with van der Waals surface area (Å²) in [6, 6.07) is 0. The molecule has 6 nitrogen and oxygen atoms in total. The van der Waals surface area contributed by atoms with Crippen LogP contribution in [0.15, 0.2) is 4.52 Å². The Labute approximate surface area is 119 Å². The zero-order chi connectivity index (χ0) is 15.3. The zero-order valence-electron chi connectivity index (χ0n) is 12.8. The molecule has 0 spiro atoms. The lowest BCUT2D eigenvalue weighted by Crippen LogP contribution is -2.22. The fraction of sp³-hybridized carbons (Fsp3) is 0.786. The monoisotopic (exact) mass is 284 g/mol. The van der Waals surface area contributed by atoms with Crippen LogP contribution in [0, 0.1) is 11.3 Å². The van der Waals surface area contributed by atoms with Crippen molar-refractivity contribution in [3.05, 3.63) is 11.7 Å². The van der Waals surface area contributed by atoms with Crippen molar-refractivity contribution in [2.24, 2.45) is 11.3 Å². The van der Waals surface area contributed by atoms with Crippen molar-refractivity contribution in [2.45, 2.75) is 53.6 Å². The number of hydrogen-bond acceptors (Lipinski definition) is 5. The maximum absolute atomic E-state index is 10.6. The number of nitrogens with zero attached hydrogens (tertiary/aromatic N) is 2. The number of rotatable bonds is 7. The summed E-state index contributed by atoms with van der Waals surface area (Å²) in [5.74, 6) is 0.125. The van der Waals surface area contributed by atoms with Gasteiger partial charge in [0.15, 0.2) is 0 Å². The van der Waals surface area contributed by atoms with Crippen molar-refractivity contribution in [1.82, 2.24) is 10.1 Å². The predicted octanol–water partition coefficient (Wildman–Crippen LogP) is 2.85. The second-order valence-electron chi connectivity index (χ2n) is 6.15. The van der Waals surface area contributed by atoms with Gasteiger partial charge < -0.3 is 14.4 Å². The van der Waals surface area contributed by atoms with Crippen LogP contribution >= 0.6 is 0 Å². The molecule has 2 atom stereocenters. The van der Waals surface area contributed by atoms with Gasteiger partial charge >= 0.3 is 5.97 Å². The molecule has 6 heteroatoms. The van der Waals surface area contributed by atoms with Gasteiger partial charge in [-0.15, -0.1) is 0 Å². The van der Waals surface area contributed by atoms with Crippen molar-refractivity contribution in [1.29, 1.82) is 0 Å². The molecule has 1 aromatic rings. The van der Waals surface area contributed by atoms with Crippen molar-refractivity contribution in [3.8, 4) is 0 Å². The van der Waals surface area contributed by atoms with Crippen LogP contribution < -0.4 is 0 Å². The second-order valence-corrected chi connectivity index (χ2v) is 6.15. The average molecular weight is 284 g/mol. The van der Waals surface area contributed by atoms with Crippen LogP contribution in [0.2, 0.25) is 0 Å². The van der Waals surface area contributed by atoms with E-state index in [0.29, 0.717) is 24.7 Å². The van der Waals surface area contributed by atoms with Crippen molar-refractivity contribution in [2.75, 3.05) is 6.61 Å². The normalized spacial score (nSPS) is 15.1. The first kappa shape index (κ1) is 16.6. The number of hydrogen-bond donors (Lipinski definition) is 1. The van der Waals surface area contributed by atoms with E-state index in [-0.39, 0.29) is 23.9 Å². The Morgan fingerprint density at radius 3 is 2.60 bits per heavy atom. The molecule has 0 radical (unpaired) electrons. The Hall–Kier alpha value is -1.43. The first-order chi connectivity index (χ1) is 9.24. The molecule has 0 aliphatic carbocycles. The second kappa shape index (κ2) is 6.83. The standard InChI is InChI=1S/C14H24N2O4/c1-6-19-12(14(3,4)5)13-15-10(20-16-13)7-9(2)8-11(17)18/h9,12H,6-8H2,1-5H3,(H,17,18). The Balaban J connectivity index is 2.76. The molecule has 1 aromatic heterocycles. The van der Waals surface area contributed by atoms with Crippen LogP contribution in [0.5, 0.6) is 0 Å². The highest BCUT2D eigenvalue weighted by atomic mass is 16.5. The van der Waals surface area contributed by atoms with Gasteiger partial charge in [0.1, 0.15) is 6.10 Å². The first-order valence-electron chi connectivity index (χ1n) is 6.90. The quantitative estimate of drug-likeness (QED) is 0.828. The molecule has 2 unspecified atom stereocenters. The van der Waals surface area contributed by atoms with Crippen LogP contribution in [0.3, 0.4) is 0 Å². The largest absolute Gasteiger partial charge is 0.481 e. The van der Waals surface area contributed by atoms with Gasteiger partial charge in [0, 0.05) is 19.4 Å². The Morgan fingerprint density at radius 2 is 2.10 bits per heavy atom. The molecule has 20 heavy (non-hydrogen) atoms. The third-order valence-electron chi connectivity index (χ3n) is 2.88. The van der Waals surface area contributed by atoms with E-state index in [1.165, 1.54) is 0 Å². The Bertz CT molecular complexity index is 437. The van der Waals surface area contributed by atoms with E-state index in [9.17, 15) is 4.79 Å². The summed E-state index contributed by atoms with van der Waals surface area (Å²) in [5, 5.41) is 12.7. The fourth-order valence-electron chi connectivity index (χ4n) is 2.00. The summed E-state index contributed by atoms with van der Waals surface area (Å²) in [7, 11) is 0. The summed E-state index contributed by atoms with van der Waals surface area (Å²) in [6.45, 7) is 10.5. The Morgan fingerprint density at radius 1 is 1.45 bits per heavy atom. The summed E-state index contributed by atoms with van der Waals surface area (Å²) in [4.78, 5) is 15.0. The summed E-state index contributed by atoms with van der Waals surface area (Å²) >= 11 is 0. The highest BCUT2D eigenvalue weighted by molar-refractivity contribution is 5.66. The minimum atomic E-state index is -0.820. The van der Waals surface area contributed by atoms with E-state index in [0.717, 1.165) is 0 Å². The third kappa shape index (κ3) is 4.92. The van der Waals surface area contributed by atoms with E-state index in [1.807, 2.05) is 13.8 Å². The van der Waals surface area contributed by atoms with E-state index in [2.05, 4.69) is 30.9 Å². The number of carboxylic acid groups (broad SMARTS) is 1. The van der Waals surface area contributed by atoms with Crippen LogP contribution in [0.1, 0.15) is 58.9 Å². The van der Waals surface area contributed by atoms with Crippen molar-refractivity contribution >= 4 is 5.97 Å². The molecule has 0 saturated carbocycles. The van der Waals surface area contributed by atoms with Gasteiger partial charge in [-0.1, -0.05) is 32.9 Å². The zero-order valence-corrected chi connectivity index (χ0v) is 12.8. The smallest absolute Gasteiger partial charge is 0.303 e. The molecule has 0 bridgehead atoms. The molecule has 1 heterocycles. The lowest BCUT2D eigenvalue weighted by Gasteiger charge is -2.27. The van der Waals surface area contributed by atoms with Crippen LogP contribution in [0.25, 0.3) is 0 Å². The minimum absolute atomic E-state index is 0.0408. The molecule has 1 rings (SSSR count). The van der Waals surface area contributed by atoms with E-state index >= 15 is 0 Å². The molecule has 0 aliphatic heterocycles. The average Bonchev–Trinajstić information content (AvgIpc) is 2.70. The SMILES string of the molecule is CCOC(c1noc(CC(C)CC(=O)O)n1)C(C)(C)C. The van der Waals surface area contributed by atoms with Crippen molar-refractivity contribution in [3.63, 3.8) is 0 Å². The molecule has 1 N–H and O–H groups in total. The van der Waals surface area contributed by atoms with Gasteiger partial charge in [0.05, 0.1) is 0 Å². The molecular weight excluding hydrogens is 260 g/mol. The highest BCUT2D eigenvalue weighted by Gasteiger charge is 2.31. The number of aromatic nitrogens is 2. The fourth-order valence-corrected chi connectivity index (χ4v) is 2.00. The maximum atomic E-state index is 10.6. The minimum Gasteiger partial charge on any atom is -0.481 e. The summed E-state index contributed by atoms with van der Waals surface area (Å²) in [6.07, 6.45) is 0.313. The summed E-state index contributed by atoms with van der Waals surface area (Å²) in [5.41, 5.74) is -0.135. The molecule has 0 aliphatic rings. The van der Waals surface area contributed by atoms with Gasteiger partial charge in [-0.3, -0.25) is 4.79 Å². The third-order valence-corrected chi connectivity index (χ3v) is 2.88. The lowest BCUT2D eigenvalue weighted by atomic mass is 9.88. The van der Waals surface area contributed by atoms with Crippen LogP contribution in [0.4, 0.5) is 0 Å². The predicted molar refractivity (Wildman–Crippen MR) is 73.2 cm³/mol. The highest BCUT2D eigenvalue weighted by Crippen LogP contribution is 2.34. The first-order valence-corrected chi connectivity index (χ1v) is 6.90. The van der Waals surface area contributed by atoms with Crippen LogP contribution in [-0.4, -0.2) is 27.8 Å². The van der Waals surface area contributed by atoms with Gasteiger partial charge in [0.25, 0.3) is 0 Å². The molecule has 0 fully saturated rings. The van der Waals surface area contributed by atoms with E-state index in [4.69, 9.17) is 14.4 Å². The van der Waals surface area contributed by atoms with Gasteiger partial charge in [0.2, 0.25) is 11.7 Å². The van der Waals surface area contributed by atoms with Gasteiger partial charge in [-0.05, 0) is 18.3 Å². The molecule has 0 saturated heterocycles. The van der Waals surface area contributed by atoms with Gasteiger partial charge in [-0.25, -0.2) is 0 Å².